The SMILES string of the molecule is COC(=O)c1ccc2cc(C)cn2c1. The summed E-state index contributed by atoms with van der Waals surface area (Å²) in [6.45, 7) is 2.02. The lowest BCUT2D eigenvalue weighted by molar-refractivity contribution is 0.0600. The molecule has 3 nitrogen and oxygen atoms in total. The second kappa shape index (κ2) is 3.18. The molecule has 0 radical (unpaired) electrons. The minimum atomic E-state index is -0.307. The van der Waals surface area contributed by atoms with Gasteiger partial charge in [-0.3, -0.25) is 0 Å². The molecule has 2 rings (SSSR count). The number of rotatable bonds is 1. The molecule has 2 aromatic rings. The number of fused-ring (bicyclic) bond motifs is 1. The van der Waals surface area contributed by atoms with Crippen molar-refractivity contribution in [3.05, 3.63) is 41.7 Å². The van der Waals surface area contributed by atoms with Crippen LogP contribution in [0.1, 0.15) is 15.9 Å². The number of nitrogens with zero attached hydrogens (tertiary/aromatic N) is 1. The fourth-order valence-electron chi connectivity index (χ4n) is 1.49. The third-order valence-electron chi connectivity index (χ3n) is 2.15. The molecule has 0 N–H and O–H groups in total. The number of pyridine rings is 1. The van der Waals surface area contributed by atoms with Crippen LogP contribution >= 0.6 is 0 Å². The van der Waals surface area contributed by atoms with Crippen molar-refractivity contribution >= 4 is 11.5 Å². The second-order valence-electron chi connectivity index (χ2n) is 3.26. The quantitative estimate of drug-likeness (QED) is 0.643. The molecule has 14 heavy (non-hydrogen) atoms. The van der Waals surface area contributed by atoms with Gasteiger partial charge >= 0.3 is 5.97 Å². The van der Waals surface area contributed by atoms with E-state index in [1.807, 2.05) is 23.6 Å². The van der Waals surface area contributed by atoms with Gasteiger partial charge in [0.2, 0.25) is 0 Å². The maximum absolute atomic E-state index is 11.2. The summed E-state index contributed by atoms with van der Waals surface area (Å²) in [5.41, 5.74) is 2.82. The summed E-state index contributed by atoms with van der Waals surface area (Å²) in [6.07, 6.45) is 3.75. The summed E-state index contributed by atoms with van der Waals surface area (Å²) < 4.78 is 6.56. The molecular formula is C11H11NO2. The van der Waals surface area contributed by atoms with Crippen LogP contribution in [0, 0.1) is 6.92 Å². The summed E-state index contributed by atoms with van der Waals surface area (Å²) in [4.78, 5) is 11.2. The lowest BCUT2D eigenvalue weighted by Gasteiger charge is -2.00. The molecule has 0 unspecified atom stereocenters. The number of hydrogen-bond donors (Lipinski definition) is 0. The summed E-state index contributed by atoms with van der Waals surface area (Å²) in [5.74, 6) is -0.307. The Morgan fingerprint density at radius 2 is 2.14 bits per heavy atom. The minimum absolute atomic E-state index is 0.307. The summed E-state index contributed by atoms with van der Waals surface area (Å²) in [6, 6.07) is 5.72. The van der Waals surface area contributed by atoms with Gasteiger partial charge in [-0.05, 0) is 30.7 Å². The predicted octanol–water partition coefficient (Wildman–Crippen LogP) is 2.03. The highest BCUT2D eigenvalue weighted by Crippen LogP contribution is 2.11. The van der Waals surface area contributed by atoms with Crippen molar-refractivity contribution in [1.29, 1.82) is 0 Å². The van der Waals surface area contributed by atoms with Gasteiger partial charge in [0.1, 0.15) is 0 Å². The number of methoxy groups -OCH3 is 1. The molecule has 0 saturated heterocycles. The number of carbonyl (C=O) groups is 1. The van der Waals surface area contributed by atoms with Crippen molar-refractivity contribution in [3.8, 4) is 0 Å². The fourth-order valence-corrected chi connectivity index (χ4v) is 1.49. The average molecular weight is 189 g/mol. The van der Waals surface area contributed by atoms with E-state index in [1.54, 1.807) is 12.3 Å². The number of aromatic nitrogens is 1. The molecule has 0 fully saturated rings. The molecule has 2 heterocycles. The van der Waals surface area contributed by atoms with Crippen LogP contribution in [0.15, 0.2) is 30.6 Å². The van der Waals surface area contributed by atoms with Crippen LogP contribution < -0.4 is 0 Å². The average Bonchev–Trinajstić information content (AvgIpc) is 2.55. The Balaban J connectivity index is 2.55. The van der Waals surface area contributed by atoms with Gasteiger partial charge in [-0.2, -0.15) is 0 Å². The van der Waals surface area contributed by atoms with E-state index in [9.17, 15) is 4.79 Å². The Hall–Kier alpha value is -1.77. The Labute approximate surface area is 81.9 Å². The Morgan fingerprint density at radius 3 is 2.86 bits per heavy atom. The molecule has 72 valence electrons. The molecule has 0 aliphatic carbocycles. The van der Waals surface area contributed by atoms with E-state index in [-0.39, 0.29) is 5.97 Å². The number of ether oxygens (including phenoxy) is 1. The molecular weight excluding hydrogens is 178 g/mol. The van der Waals surface area contributed by atoms with Crippen molar-refractivity contribution in [1.82, 2.24) is 4.40 Å². The van der Waals surface area contributed by atoms with E-state index in [0.29, 0.717) is 5.56 Å². The van der Waals surface area contributed by atoms with Crippen LogP contribution in [0.5, 0.6) is 0 Å². The van der Waals surface area contributed by atoms with Crippen molar-refractivity contribution in [3.63, 3.8) is 0 Å². The van der Waals surface area contributed by atoms with Gasteiger partial charge in [-0.1, -0.05) is 0 Å². The maximum atomic E-state index is 11.2. The Bertz CT molecular complexity index is 485. The van der Waals surface area contributed by atoms with Crippen LogP contribution in [0.25, 0.3) is 5.52 Å². The van der Waals surface area contributed by atoms with Crippen molar-refractivity contribution < 1.29 is 9.53 Å². The topological polar surface area (TPSA) is 30.7 Å². The first-order valence-corrected chi connectivity index (χ1v) is 4.37. The highest BCUT2D eigenvalue weighted by Gasteiger charge is 2.05. The van der Waals surface area contributed by atoms with Crippen LogP contribution in [0.2, 0.25) is 0 Å². The summed E-state index contributed by atoms with van der Waals surface area (Å²) in [7, 11) is 1.38. The van der Waals surface area contributed by atoms with E-state index in [4.69, 9.17) is 0 Å². The second-order valence-corrected chi connectivity index (χ2v) is 3.26. The molecule has 0 atom stereocenters. The van der Waals surface area contributed by atoms with Gasteiger partial charge in [-0.25, -0.2) is 4.79 Å². The lowest BCUT2D eigenvalue weighted by Crippen LogP contribution is -2.02. The number of esters is 1. The molecule has 0 spiro atoms. The number of carbonyl (C=O) groups excluding carboxylic acids is 1. The van der Waals surface area contributed by atoms with Crippen molar-refractivity contribution in [2.45, 2.75) is 6.92 Å². The largest absolute Gasteiger partial charge is 0.465 e. The van der Waals surface area contributed by atoms with Gasteiger partial charge in [0.05, 0.1) is 12.7 Å². The molecule has 0 aliphatic rings. The molecule has 0 aliphatic heterocycles. The molecule has 0 amide bonds. The molecule has 0 saturated carbocycles. The van der Waals surface area contributed by atoms with E-state index >= 15 is 0 Å². The highest BCUT2D eigenvalue weighted by atomic mass is 16.5. The van der Waals surface area contributed by atoms with Crippen LogP contribution in [-0.2, 0) is 4.74 Å². The molecule has 2 aromatic heterocycles. The van der Waals surface area contributed by atoms with Gasteiger partial charge in [0, 0.05) is 17.9 Å². The van der Waals surface area contributed by atoms with E-state index < -0.39 is 0 Å². The minimum Gasteiger partial charge on any atom is -0.465 e. The highest BCUT2D eigenvalue weighted by molar-refractivity contribution is 5.89. The van der Waals surface area contributed by atoms with Crippen LogP contribution in [0.3, 0.4) is 0 Å². The first-order chi connectivity index (χ1) is 6.70. The van der Waals surface area contributed by atoms with Crippen molar-refractivity contribution in [2.75, 3.05) is 7.11 Å². The Kier molecular flexibility index (Phi) is 2.00. The zero-order chi connectivity index (χ0) is 10.1. The van der Waals surface area contributed by atoms with Gasteiger partial charge in [0.15, 0.2) is 0 Å². The van der Waals surface area contributed by atoms with Gasteiger partial charge in [0.25, 0.3) is 0 Å². The molecule has 0 aromatic carbocycles. The van der Waals surface area contributed by atoms with Crippen molar-refractivity contribution in [2.24, 2.45) is 0 Å². The van der Waals surface area contributed by atoms with Gasteiger partial charge in [-0.15, -0.1) is 0 Å². The molecule has 0 bridgehead atoms. The zero-order valence-electron chi connectivity index (χ0n) is 8.15. The lowest BCUT2D eigenvalue weighted by atomic mass is 10.2. The monoisotopic (exact) mass is 189 g/mol. The summed E-state index contributed by atoms with van der Waals surface area (Å²) >= 11 is 0. The number of aryl methyl sites for hydroxylation is 1. The van der Waals surface area contributed by atoms with Crippen LogP contribution in [0.4, 0.5) is 0 Å². The van der Waals surface area contributed by atoms with Crippen LogP contribution in [-0.4, -0.2) is 17.5 Å². The van der Waals surface area contributed by atoms with Gasteiger partial charge < -0.3 is 9.14 Å². The fraction of sp³-hybridized carbons (Fsp3) is 0.182. The maximum Gasteiger partial charge on any atom is 0.339 e. The normalized spacial score (nSPS) is 10.4. The van der Waals surface area contributed by atoms with E-state index in [2.05, 4.69) is 10.8 Å². The first-order valence-electron chi connectivity index (χ1n) is 4.37. The zero-order valence-corrected chi connectivity index (χ0v) is 8.15. The smallest absolute Gasteiger partial charge is 0.339 e. The standard InChI is InChI=1S/C11H11NO2/c1-8-5-10-4-3-9(11(13)14-2)7-12(10)6-8/h3-7H,1-2H3. The first kappa shape index (κ1) is 8.81. The Morgan fingerprint density at radius 1 is 1.36 bits per heavy atom. The van der Waals surface area contributed by atoms with E-state index in [0.717, 1.165) is 5.52 Å². The molecule has 3 heteroatoms. The third-order valence-corrected chi connectivity index (χ3v) is 2.15. The van der Waals surface area contributed by atoms with E-state index in [1.165, 1.54) is 12.7 Å². The summed E-state index contributed by atoms with van der Waals surface area (Å²) in [5, 5.41) is 0. The predicted molar refractivity (Wildman–Crippen MR) is 53.5 cm³/mol. The number of hydrogen-bond acceptors (Lipinski definition) is 2. The third kappa shape index (κ3) is 1.37.